The summed E-state index contributed by atoms with van der Waals surface area (Å²) in [6.07, 6.45) is 5.97. The molecule has 0 aromatic carbocycles. The smallest absolute Gasteiger partial charge is 0.129 e. The molecular weight excluding hydrogens is 212 g/mol. The summed E-state index contributed by atoms with van der Waals surface area (Å²) < 4.78 is 0. The summed E-state index contributed by atoms with van der Waals surface area (Å²) in [7, 11) is 0. The number of aromatic nitrogens is 1. The Morgan fingerprint density at radius 2 is 2.24 bits per heavy atom. The third kappa shape index (κ3) is 2.78. The van der Waals surface area contributed by atoms with Crippen molar-refractivity contribution < 1.29 is 5.11 Å². The Bertz CT molecular complexity index is 392. The molecule has 0 aliphatic heterocycles. The van der Waals surface area contributed by atoms with Crippen molar-refractivity contribution in [2.45, 2.75) is 45.6 Å². The lowest BCUT2D eigenvalue weighted by Crippen LogP contribution is -2.21. The number of pyridine rings is 1. The molecule has 0 saturated heterocycles. The van der Waals surface area contributed by atoms with Crippen molar-refractivity contribution in [3.8, 4) is 0 Å². The molecule has 3 N–H and O–H groups in total. The van der Waals surface area contributed by atoms with Crippen molar-refractivity contribution in [1.82, 2.24) is 4.98 Å². The molecule has 1 fully saturated rings. The fourth-order valence-corrected chi connectivity index (χ4v) is 2.86. The van der Waals surface area contributed by atoms with E-state index >= 15 is 0 Å². The van der Waals surface area contributed by atoms with E-state index in [0.717, 1.165) is 24.0 Å². The summed E-state index contributed by atoms with van der Waals surface area (Å²) in [5, 5.41) is 10.4. The Balaban J connectivity index is 2.18. The maximum Gasteiger partial charge on any atom is 0.129 e. The number of anilines is 1. The molecule has 2 rings (SSSR count). The van der Waals surface area contributed by atoms with E-state index in [2.05, 4.69) is 11.9 Å². The van der Waals surface area contributed by atoms with Crippen molar-refractivity contribution in [1.29, 1.82) is 0 Å². The summed E-state index contributed by atoms with van der Waals surface area (Å²) in [5.41, 5.74) is 7.72. The number of nitrogen functional groups attached to an aromatic ring is 1. The molecule has 1 aliphatic rings. The SMILES string of the molecule is Cc1cnc(N)c(C(O)C2CCCC(C)C2)c1. The van der Waals surface area contributed by atoms with Gasteiger partial charge in [-0.1, -0.05) is 19.8 Å². The van der Waals surface area contributed by atoms with E-state index in [9.17, 15) is 5.11 Å². The Labute approximate surface area is 103 Å². The van der Waals surface area contributed by atoms with Crippen LogP contribution in [0.4, 0.5) is 5.82 Å². The number of rotatable bonds is 2. The summed E-state index contributed by atoms with van der Waals surface area (Å²) in [6.45, 7) is 4.24. The molecule has 0 amide bonds. The number of aliphatic hydroxyl groups excluding tert-OH is 1. The van der Waals surface area contributed by atoms with Gasteiger partial charge in [0.05, 0.1) is 6.10 Å². The van der Waals surface area contributed by atoms with Crippen LogP contribution in [0.2, 0.25) is 0 Å². The second kappa shape index (κ2) is 5.05. The minimum absolute atomic E-state index is 0.338. The predicted molar refractivity (Wildman–Crippen MR) is 69.5 cm³/mol. The van der Waals surface area contributed by atoms with E-state index in [1.54, 1.807) is 6.20 Å². The zero-order chi connectivity index (χ0) is 12.4. The van der Waals surface area contributed by atoms with E-state index in [4.69, 9.17) is 5.73 Å². The van der Waals surface area contributed by atoms with Crippen molar-refractivity contribution in [2.24, 2.45) is 11.8 Å². The molecule has 3 unspecified atom stereocenters. The highest BCUT2D eigenvalue weighted by atomic mass is 16.3. The molecule has 1 aliphatic carbocycles. The lowest BCUT2D eigenvalue weighted by atomic mass is 9.78. The van der Waals surface area contributed by atoms with E-state index < -0.39 is 6.10 Å². The lowest BCUT2D eigenvalue weighted by Gasteiger charge is -2.31. The molecule has 3 heteroatoms. The first-order chi connectivity index (χ1) is 8.08. The molecular formula is C14H22N2O. The molecule has 3 atom stereocenters. The monoisotopic (exact) mass is 234 g/mol. The summed E-state index contributed by atoms with van der Waals surface area (Å²) in [6, 6.07) is 1.96. The number of aliphatic hydroxyl groups is 1. The minimum atomic E-state index is -0.454. The van der Waals surface area contributed by atoms with E-state index in [0.29, 0.717) is 17.7 Å². The van der Waals surface area contributed by atoms with Crippen LogP contribution in [-0.2, 0) is 0 Å². The molecule has 0 bridgehead atoms. The van der Waals surface area contributed by atoms with Crippen molar-refractivity contribution in [3.63, 3.8) is 0 Å². The van der Waals surface area contributed by atoms with Gasteiger partial charge in [0.25, 0.3) is 0 Å². The highest BCUT2D eigenvalue weighted by molar-refractivity contribution is 5.42. The normalized spacial score (nSPS) is 26.8. The first kappa shape index (κ1) is 12.4. The highest BCUT2D eigenvalue weighted by Crippen LogP contribution is 2.38. The van der Waals surface area contributed by atoms with Crippen LogP contribution in [0.3, 0.4) is 0 Å². The van der Waals surface area contributed by atoms with Crippen molar-refractivity contribution in [2.75, 3.05) is 5.73 Å². The molecule has 1 saturated carbocycles. The maximum absolute atomic E-state index is 10.4. The zero-order valence-corrected chi connectivity index (χ0v) is 10.7. The van der Waals surface area contributed by atoms with Crippen LogP contribution < -0.4 is 5.73 Å². The van der Waals surface area contributed by atoms with Gasteiger partial charge < -0.3 is 10.8 Å². The fraction of sp³-hybridized carbons (Fsp3) is 0.643. The number of aryl methyl sites for hydroxylation is 1. The van der Waals surface area contributed by atoms with Gasteiger partial charge in [-0.05, 0) is 43.2 Å². The third-order valence-corrected chi connectivity index (χ3v) is 3.83. The standard InChI is InChI=1S/C14H22N2O/c1-9-4-3-5-11(6-9)13(17)12-7-10(2)8-16-14(12)15/h7-9,11,13,17H,3-6H2,1-2H3,(H2,15,16). The lowest BCUT2D eigenvalue weighted by molar-refractivity contribution is 0.0717. The molecule has 3 nitrogen and oxygen atoms in total. The summed E-state index contributed by atoms with van der Waals surface area (Å²) in [4.78, 5) is 4.13. The van der Waals surface area contributed by atoms with Crippen LogP contribution in [0.25, 0.3) is 0 Å². The number of hydrogen-bond acceptors (Lipinski definition) is 3. The van der Waals surface area contributed by atoms with Gasteiger partial charge in [-0.15, -0.1) is 0 Å². The number of nitrogens with zero attached hydrogens (tertiary/aromatic N) is 1. The minimum Gasteiger partial charge on any atom is -0.388 e. The summed E-state index contributed by atoms with van der Waals surface area (Å²) in [5.74, 6) is 1.52. The average Bonchev–Trinajstić information content (AvgIpc) is 2.31. The Morgan fingerprint density at radius 3 is 2.94 bits per heavy atom. The van der Waals surface area contributed by atoms with Gasteiger partial charge in [-0.2, -0.15) is 0 Å². The van der Waals surface area contributed by atoms with Crippen LogP contribution in [0.5, 0.6) is 0 Å². The van der Waals surface area contributed by atoms with Gasteiger partial charge in [0.2, 0.25) is 0 Å². The van der Waals surface area contributed by atoms with Gasteiger partial charge in [0.15, 0.2) is 0 Å². The van der Waals surface area contributed by atoms with Gasteiger partial charge in [-0.25, -0.2) is 4.98 Å². The second-order valence-electron chi connectivity index (χ2n) is 5.46. The van der Waals surface area contributed by atoms with Crippen LogP contribution in [0.15, 0.2) is 12.3 Å². The Morgan fingerprint density at radius 1 is 1.47 bits per heavy atom. The van der Waals surface area contributed by atoms with Gasteiger partial charge in [-0.3, -0.25) is 0 Å². The molecule has 1 heterocycles. The van der Waals surface area contributed by atoms with Gasteiger partial charge in [0, 0.05) is 11.8 Å². The van der Waals surface area contributed by atoms with E-state index in [1.807, 2.05) is 13.0 Å². The Hall–Kier alpha value is -1.09. The quantitative estimate of drug-likeness (QED) is 0.827. The molecule has 17 heavy (non-hydrogen) atoms. The fourth-order valence-electron chi connectivity index (χ4n) is 2.86. The molecule has 0 spiro atoms. The average molecular weight is 234 g/mol. The maximum atomic E-state index is 10.4. The molecule has 1 aromatic heterocycles. The van der Waals surface area contributed by atoms with Crippen LogP contribution in [-0.4, -0.2) is 10.1 Å². The largest absolute Gasteiger partial charge is 0.388 e. The molecule has 0 radical (unpaired) electrons. The van der Waals surface area contributed by atoms with E-state index in [-0.39, 0.29) is 0 Å². The van der Waals surface area contributed by atoms with Gasteiger partial charge in [0.1, 0.15) is 5.82 Å². The molecule has 94 valence electrons. The van der Waals surface area contributed by atoms with Crippen molar-refractivity contribution in [3.05, 3.63) is 23.4 Å². The third-order valence-electron chi connectivity index (χ3n) is 3.83. The highest BCUT2D eigenvalue weighted by Gasteiger charge is 2.27. The number of nitrogens with two attached hydrogens (primary N) is 1. The molecule has 1 aromatic rings. The van der Waals surface area contributed by atoms with E-state index in [1.165, 1.54) is 12.8 Å². The number of hydrogen-bond donors (Lipinski definition) is 2. The van der Waals surface area contributed by atoms with Crippen LogP contribution in [0, 0.1) is 18.8 Å². The summed E-state index contributed by atoms with van der Waals surface area (Å²) >= 11 is 0. The predicted octanol–water partition coefficient (Wildman–Crippen LogP) is 2.83. The van der Waals surface area contributed by atoms with Gasteiger partial charge >= 0.3 is 0 Å². The zero-order valence-electron chi connectivity index (χ0n) is 10.7. The van der Waals surface area contributed by atoms with Crippen LogP contribution in [0.1, 0.15) is 49.8 Å². The van der Waals surface area contributed by atoms with Crippen LogP contribution >= 0.6 is 0 Å². The Kier molecular flexibility index (Phi) is 3.67. The first-order valence-corrected chi connectivity index (χ1v) is 6.48. The topological polar surface area (TPSA) is 59.1 Å². The first-order valence-electron chi connectivity index (χ1n) is 6.48. The van der Waals surface area contributed by atoms with Crippen molar-refractivity contribution >= 4 is 5.82 Å². The second-order valence-corrected chi connectivity index (χ2v) is 5.46.